The van der Waals surface area contributed by atoms with Gasteiger partial charge in [-0.1, -0.05) is 30.3 Å². The molecule has 0 aliphatic rings. The van der Waals surface area contributed by atoms with Crippen LogP contribution in [-0.4, -0.2) is 29.0 Å². The zero-order valence-electron chi connectivity index (χ0n) is 11.0. The zero-order chi connectivity index (χ0) is 13.7. The van der Waals surface area contributed by atoms with Crippen LogP contribution in [0, 0.1) is 0 Å². The first kappa shape index (κ1) is 14.2. The maximum Gasteiger partial charge on any atom is 0.0972 e. The molecule has 1 aromatic heterocycles. The van der Waals surface area contributed by atoms with E-state index in [1.165, 1.54) is 15.3 Å². The first-order chi connectivity index (χ1) is 9.11. The van der Waals surface area contributed by atoms with Crippen LogP contribution >= 0.6 is 11.3 Å². The predicted octanol–water partition coefficient (Wildman–Crippen LogP) is 2.25. The van der Waals surface area contributed by atoms with Gasteiger partial charge in [0.2, 0.25) is 0 Å². The quantitative estimate of drug-likeness (QED) is 0.759. The number of benzene rings is 1. The van der Waals surface area contributed by atoms with Crippen LogP contribution in [0.15, 0.2) is 42.5 Å². The summed E-state index contributed by atoms with van der Waals surface area (Å²) >= 11 is 1.74. The lowest BCUT2D eigenvalue weighted by Gasteiger charge is -2.20. The average Bonchev–Trinajstić information content (AvgIpc) is 2.88. The van der Waals surface area contributed by atoms with Crippen LogP contribution in [0.1, 0.15) is 11.8 Å². The maximum absolute atomic E-state index is 9.68. The van der Waals surface area contributed by atoms with E-state index in [0.29, 0.717) is 13.1 Å². The third-order valence-electron chi connectivity index (χ3n) is 2.87. The molecule has 19 heavy (non-hydrogen) atoms. The van der Waals surface area contributed by atoms with Crippen molar-refractivity contribution in [2.24, 2.45) is 0 Å². The summed E-state index contributed by atoms with van der Waals surface area (Å²) in [4.78, 5) is 2.46. The van der Waals surface area contributed by atoms with Crippen LogP contribution in [0.25, 0.3) is 10.4 Å². The number of nitrogens with one attached hydrogen (secondary N) is 1. The van der Waals surface area contributed by atoms with Gasteiger partial charge in [0.25, 0.3) is 0 Å². The number of rotatable bonds is 6. The third kappa shape index (κ3) is 4.14. The lowest BCUT2D eigenvalue weighted by atomic mass is 10.1. The van der Waals surface area contributed by atoms with Crippen molar-refractivity contribution in [3.8, 4) is 10.4 Å². The Kier molecular flexibility index (Phi) is 4.71. The number of hydrogen-bond donors (Lipinski definition) is 3. The first-order valence-electron chi connectivity index (χ1n) is 6.29. The fraction of sp³-hybridized carbons (Fsp3) is 0.333. The molecule has 1 heterocycles. The van der Waals surface area contributed by atoms with Gasteiger partial charge in [-0.25, -0.2) is 0 Å². The standard InChI is InChI=1S/C15H19NO2S/c1-15(18,11-17)10-16-9-13-7-8-14(19-13)12-5-3-2-4-6-12/h2-8,16-18H,9-11H2,1H3. The Balaban J connectivity index is 1.92. The number of thiophene rings is 1. The SMILES string of the molecule is CC(O)(CO)CNCc1ccc(-c2ccccc2)s1. The van der Waals surface area contributed by atoms with Gasteiger partial charge in [0, 0.05) is 22.8 Å². The van der Waals surface area contributed by atoms with Crippen molar-refractivity contribution in [3.05, 3.63) is 47.3 Å². The zero-order valence-corrected chi connectivity index (χ0v) is 11.8. The molecule has 0 saturated carbocycles. The minimum atomic E-state index is -1.06. The van der Waals surface area contributed by atoms with Crippen LogP contribution in [-0.2, 0) is 6.54 Å². The summed E-state index contributed by atoms with van der Waals surface area (Å²) in [6.07, 6.45) is 0. The summed E-state index contributed by atoms with van der Waals surface area (Å²) in [6.45, 7) is 2.46. The molecule has 2 aromatic rings. The van der Waals surface area contributed by atoms with E-state index in [1.807, 2.05) is 18.2 Å². The lowest BCUT2D eigenvalue weighted by Crippen LogP contribution is -2.40. The second-order valence-electron chi connectivity index (χ2n) is 4.89. The molecule has 0 fully saturated rings. The average molecular weight is 277 g/mol. The fourth-order valence-electron chi connectivity index (χ4n) is 1.74. The van der Waals surface area contributed by atoms with Gasteiger partial charge < -0.3 is 15.5 Å². The first-order valence-corrected chi connectivity index (χ1v) is 7.10. The molecule has 102 valence electrons. The van der Waals surface area contributed by atoms with Crippen molar-refractivity contribution >= 4 is 11.3 Å². The molecule has 3 N–H and O–H groups in total. The van der Waals surface area contributed by atoms with Gasteiger partial charge in [-0.05, 0) is 24.6 Å². The van der Waals surface area contributed by atoms with Crippen LogP contribution in [0.2, 0.25) is 0 Å². The summed E-state index contributed by atoms with van der Waals surface area (Å²) in [7, 11) is 0. The molecule has 0 spiro atoms. The Morgan fingerprint density at radius 3 is 2.58 bits per heavy atom. The predicted molar refractivity (Wildman–Crippen MR) is 79.2 cm³/mol. The molecule has 0 aliphatic carbocycles. The summed E-state index contributed by atoms with van der Waals surface area (Å²) in [6, 6.07) is 14.5. The molecule has 4 heteroatoms. The molecule has 0 bridgehead atoms. The van der Waals surface area contributed by atoms with Gasteiger partial charge in [-0.2, -0.15) is 0 Å². The fourth-order valence-corrected chi connectivity index (χ4v) is 2.72. The van der Waals surface area contributed by atoms with E-state index in [1.54, 1.807) is 18.3 Å². The molecule has 0 aliphatic heterocycles. The Morgan fingerprint density at radius 1 is 1.16 bits per heavy atom. The van der Waals surface area contributed by atoms with Crippen molar-refractivity contribution < 1.29 is 10.2 Å². The third-order valence-corrected chi connectivity index (χ3v) is 4.00. The number of hydrogen-bond acceptors (Lipinski definition) is 4. The van der Waals surface area contributed by atoms with Crippen molar-refractivity contribution in [3.63, 3.8) is 0 Å². The molecule has 0 radical (unpaired) electrons. The van der Waals surface area contributed by atoms with Gasteiger partial charge in [0.1, 0.15) is 0 Å². The second kappa shape index (κ2) is 6.30. The molecular formula is C15H19NO2S. The summed E-state index contributed by atoms with van der Waals surface area (Å²) < 4.78 is 0. The Morgan fingerprint density at radius 2 is 1.89 bits per heavy atom. The van der Waals surface area contributed by atoms with Gasteiger partial charge in [-0.3, -0.25) is 0 Å². The van der Waals surface area contributed by atoms with Crippen LogP contribution in [0.3, 0.4) is 0 Å². The number of aliphatic hydroxyl groups excluding tert-OH is 1. The minimum absolute atomic E-state index is 0.236. The van der Waals surface area contributed by atoms with E-state index in [9.17, 15) is 5.11 Å². The highest BCUT2D eigenvalue weighted by molar-refractivity contribution is 7.15. The molecule has 1 aromatic carbocycles. The van der Waals surface area contributed by atoms with E-state index in [0.717, 1.165) is 0 Å². The van der Waals surface area contributed by atoms with Gasteiger partial charge in [0.05, 0.1) is 12.2 Å². The maximum atomic E-state index is 9.68. The molecule has 3 nitrogen and oxygen atoms in total. The highest BCUT2D eigenvalue weighted by Gasteiger charge is 2.17. The molecule has 0 amide bonds. The normalized spacial score (nSPS) is 14.3. The summed E-state index contributed by atoms with van der Waals surface area (Å²) in [5.74, 6) is 0. The van der Waals surface area contributed by atoms with E-state index in [2.05, 4.69) is 29.6 Å². The number of aliphatic hydroxyl groups is 2. The van der Waals surface area contributed by atoms with Gasteiger partial charge in [-0.15, -0.1) is 11.3 Å². The Labute approximate surface area is 117 Å². The summed E-state index contributed by atoms with van der Waals surface area (Å²) in [5, 5.41) is 21.8. The van der Waals surface area contributed by atoms with Crippen molar-refractivity contribution in [1.29, 1.82) is 0 Å². The minimum Gasteiger partial charge on any atom is -0.393 e. The van der Waals surface area contributed by atoms with Crippen LogP contribution in [0.4, 0.5) is 0 Å². The highest BCUT2D eigenvalue weighted by Crippen LogP contribution is 2.27. The molecular weight excluding hydrogens is 258 g/mol. The van der Waals surface area contributed by atoms with E-state index in [-0.39, 0.29) is 6.61 Å². The van der Waals surface area contributed by atoms with Crippen molar-refractivity contribution in [2.75, 3.05) is 13.2 Å². The lowest BCUT2D eigenvalue weighted by molar-refractivity contribution is 0.00258. The van der Waals surface area contributed by atoms with Crippen molar-refractivity contribution in [1.82, 2.24) is 5.32 Å². The molecule has 0 saturated heterocycles. The topological polar surface area (TPSA) is 52.5 Å². The molecule has 1 atom stereocenters. The van der Waals surface area contributed by atoms with E-state index in [4.69, 9.17) is 5.11 Å². The largest absolute Gasteiger partial charge is 0.393 e. The smallest absolute Gasteiger partial charge is 0.0972 e. The second-order valence-corrected chi connectivity index (χ2v) is 6.06. The van der Waals surface area contributed by atoms with Gasteiger partial charge in [0.15, 0.2) is 0 Å². The van der Waals surface area contributed by atoms with Crippen LogP contribution < -0.4 is 5.32 Å². The van der Waals surface area contributed by atoms with Crippen molar-refractivity contribution in [2.45, 2.75) is 19.1 Å². The Bertz CT molecular complexity index is 508. The van der Waals surface area contributed by atoms with E-state index >= 15 is 0 Å². The van der Waals surface area contributed by atoms with E-state index < -0.39 is 5.60 Å². The Hall–Kier alpha value is -1.20. The van der Waals surface area contributed by atoms with Crippen LogP contribution in [0.5, 0.6) is 0 Å². The molecule has 2 rings (SSSR count). The highest BCUT2D eigenvalue weighted by atomic mass is 32.1. The van der Waals surface area contributed by atoms with Gasteiger partial charge >= 0.3 is 0 Å². The molecule has 1 unspecified atom stereocenters. The summed E-state index contributed by atoms with van der Waals surface area (Å²) in [5.41, 5.74) is 0.167. The monoisotopic (exact) mass is 277 g/mol.